The highest BCUT2D eigenvalue weighted by atomic mass is 35.5. The van der Waals surface area contributed by atoms with E-state index >= 15 is 0 Å². The molecule has 16 heavy (non-hydrogen) atoms. The van der Waals surface area contributed by atoms with Crippen LogP contribution in [0, 0.1) is 13.8 Å². The molecular formula is C12H9ClN2S. The van der Waals surface area contributed by atoms with E-state index < -0.39 is 0 Å². The number of hydrogen-bond acceptors (Lipinski definition) is 3. The smallest absolute Gasteiger partial charge is 0.146 e. The predicted molar refractivity (Wildman–Crippen MR) is 69.4 cm³/mol. The second-order valence-electron chi connectivity index (χ2n) is 3.84. The van der Waals surface area contributed by atoms with Crippen LogP contribution >= 0.6 is 22.9 Å². The predicted octanol–water partition coefficient (Wildman–Crippen LogP) is 4.11. The average Bonchev–Trinajstić information content (AvgIpc) is 2.57. The first-order chi connectivity index (χ1) is 7.66. The monoisotopic (exact) mass is 248 g/mol. The molecule has 3 aromatic rings. The molecule has 0 aliphatic carbocycles. The van der Waals surface area contributed by atoms with Crippen LogP contribution in [0.3, 0.4) is 0 Å². The number of thiophene rings is 1. The maximum absolute atomic E-state index is 6.09. The summed E-state index contributed by atoms with van der Waals surface area (Å²) >= 11 is 7.70. The molecule has 0 aliphatic rings. The van der Waals surface area contributed by atoms with Crippen molar-refractivity contribution in [1.82, 2.24) is 9.97 Å². The number of pyridine rings is 2. The summed E-state index contributed by atoms with van der Waals surface area (Å²) in [5.74, 6) is 0. The van der Waals surface area contributed by atoms with Crippen molar-refractivity contribution in [2.24, 2.45) is 0 Å². The van der Waals surface area contributed by atoms with Crippen molar-refractivity contribution in [3.05, 3.63) is 34.7 Å². The van der Waals surface area contributed by atoms with E-state index in [-0.39, 0.29) is 0 Å². The van der Waals surface area contributed by atoms with Crippen LogP contribution in [0.5, 0.6) is 0 Å². The molecule has 0 amide bonds. The summed E-state index contributed by atoms with van der Waals surface area (Å²) in [6.45, 7) is 4.12. The van der Waals surface area contributed by atoms with Crippen molar-refractivity contribution in [1.29, 1.82) is 0 Å². The highest BCUT2D eigenvalue weighted by molar-refractivity contribution is 7.26. The zero-order valence-corrected chi connectivity index (χ0v) is 10.5. The van der Waals surface area contributed by atoms with Crippen LogP contribution in [0.25, 0.3) is 20.3 Å². The third kappa shape index (κ3) is 1.32. The Balaban J connectivity index is 2.61. The van der Waals surface area contributed by atoms with Crippen molar-refractivity contribution in [2.75, 3.05) is 0 Å². The maximum atomic E-state index is 6.09. The van der Waals surface area contributed by atoms with Gasteiger partial charge in [0.1, 0.15) is 9.98 Å². The van der Waals surface area contributed by atoms with Gasteiger partial charge in [-0.05, 0) is 31.5 Å². The van der Waals surface area contributed by atoms with E-state index in [0.717, 1.165) is 20.6 Å². The number of hydrogen-bond donors (Lipinski definition) is 0. The minimum Gasteiger partial charge on any atom is -0.243 e. The van der Waals surface area contributed by atoms with E-state index in [4.69, 9.17) is 11.6 Å². The maximum Gasteiger partial charge on any atom is 0.146 e. The fraction of sp³-hybridized carbons (Fsp3) is 0.167. The van der Waals surface area contributed by atoms with Crippen molar-refractivity contribution < 1.29 is 0 Å². The van der Waals surface area contributed by atoms with Gasteiger partial charge in [-0.25, -0.2) is 9.97 Å². The lowest BCUT2D eigenvalue weighted by molar-refractivity contribution is 1.25. The van der Waals surface area contributed by atoms with Gasteiger partial charge in [0.25, 0.3) is 0 Å². The van der Waals surface area contributed by atoms with Crippen LogP contribution in [0.1, 0.15) is 11.3 Å². The van der Waals surface area contributed by atoms with Gasteiger partial charge < -0.3 is 0 Å². The molecule has 0 fully saturated rings. The van der Waals surface area contributed by atoms with E-state index in [0.29, 0.717) is 5.15 Å². The number of aryl methyl sites for hydroxylation is 2. The van der Waals surface area contributed by atoms with Crippen LogP contribution in [-0.2, 0) is 0 Å². The number of rotatable bonds is 0. The van der Waals surface area contributed by atoms with Crippen LogP contribution in [0.15, 0.2) is 18.3 Å². The van der Waals surface area contributed by atoms with E-state index in [9.17, 15) is 0 Å². The SMILES string of the molecule is Cc1cc(C)c2c(n1)sc1c(Cl)nccc12. The topological polar surface area (TPSA) is 25.8 Å². The van der Waals surface area contributed by atoms with E-state index in [2.05, 4.69) is 23.0 Å². The Kier molecular flexibility index (Phi) is 2.13. The molecule has 0 spiro atoms. The molecular weight excluding hydrogens is 240 g/mol. The van der Waals surface area contributed by atoms with Crippen molar-refractivity contribution in [3.8, 4) is 0 Å². The Hall–Kier alpha value is -1.19. The van der Waals surface area contributed by atoms with Gasteiger partial charge in [-0.1, -0.05) is 11.6 Å². The average molecular weight is 249 g/mol. The number of halogens is 1. The molecule has 0 saturated heterocycles. The molecule has 4 heteroatoms. The molecule has 0 aliphatic heterocycles. The van der Waals surface area contributed by atoms with E-state index in [1.807, 2.05) is 13.0 Å². The lowest BCUT2D eigenvalue weighted by atomic mass is 10.1. The summed E-state index contributed by atoms with van der Waals surface area (Å²) in [6, 6.07) is 4.10. The van der Waals surface area contributed by atoms with Crippen LogP contribution < -0.4 is 0 Å². The summed E-state index contributed by atoms with van der Waals surface area (Å²) < 4.78 is 1.03. The highest BCUT2D eigenvalue weighted by Crippen LogP contribution is 2.37. The zero-order valence-electron chi connectivity index (χ0n) is 8.91. The molecule has 0 saturated carbocycles. The highest BCUT2D eigenvalue weighted by Gasteiger charge is 2.11. The molecule has 3 heterocycles. The second kappa shape index (κ2) is 3.40. The van der Waals surface area contributed by atoms with Gasteiger partial charge in [0, 0.05) is 22.7 Å². The molecule has 0 unspecified atom stereocenters. The second-order valence-corrected chi connectivity index (χ2v) is 5.20. The number of aromatic nitrogens is 2. The Bertz CT molecular complexity index is 703. The summed E-state index contributed by atoms with van der Waals surface area (Å²) in [5, 5.41) is 2.93. The summed E-state index contributed by atoms with van der Waals surface area (Å²) in [7, 11) is 0. The number of nitrogens with zero attached hydrogens (tertiary/aromatic N) is 2. The van der Waals surface area contributed by atoms with Crippen molar-refractivity contribution in [3.63, 3.8) is 0 Å². The summed E-state index contributed by atoms with van der Waals surface area (Å²) in [6.07, 6.45) is 1.75. The first kappa shape index (κ1) is 10.00. The van der Waals surface area contributed by atoms with Gasteiger partial charge in [-0.3, -0.25) is 0 Å². The molecule has 0 aromatic carbocycles. The Labute approximate surface area is 102 Å². The first-order valence-corrected chi connectivity index (χ1v) is 6.17. The van der Waals surface area contributed by atoms with Gasteiger partial charge in [-0.15, -0.1) is 11.3 Å². The zero-order chi connectivity index (χ0) is 11.3. The lowest BCUT2D eigenvalue weighted by Gasteiger charge is -1.98. The molecule has 2 nitrogen and oxygen atoms in total. The number of fused-ring (bicyclic) bond motifs is 3. The van der Waals surface area contributed by atoms with Gasteiger partial charge in [0.2, 0.25) is 0 Å². The van der Waals surface area contributed by atoms with Crippen LogP contribution in [0.2, 0.25) is 5.15 Å². The molecule has 3 rings (SSSR count). The Morgan fingerprint density at radius 2 is 2.12 bits per heavy atom. The fourth-order valence-corrected chi connectivity index (χ4v) is 3.46. The molecule has 3 aromatic heterocycles. The Morgan fingerprint density at radius 1 is 1.31 bits per heavy atom. The third-order valence-corrected chi connectivity index (χ3v) is 4.15. The van der Waals surface area contributed by atoms with Crippen molar-refractivity contribution in [2.45, 2.75) is 13.8 Å². The largest absolute Gasteiger partial charge is 0.243 e. The fourth-order valence-electron chi connectivity index (χ4n) is 2.02. The summed E-state index contributed by atoms with van der Waals surface area (Å²) in [4.78, 5) is 9.69. The van der Waals surface area contributed by atoms with Crippen LogP contribution in [-0.4, -0.2) is 9.97 Å². The molecule has 0 bridgehead atoms. The Morgan fingerprint density at radius 3 is 2.94 bits per heavy atom. The molecule has 0 atom stereocenters. The van der Waals surface area contributed by atoms with E-state index in [1.54, 1.807) is 17.5 Å². The van der Waals surface area contributed by atoms with Gasteiger partial charge >= 0.3 is 0 Å². The normalized spacial score (nSPS) is 11.4. The standard InChI is InChI=1S/C12H9ClN2S/c1-6-5-7(2)15-12-9(6)8-3-4-14-11(13)10(8)16-12/h3-5H,1-2H3. The van der Waals surface area contributed by atoms with Gasteiger partial charge in [0.15, 0.2) is 0 Å². The molecule has 80 valence electrons. The first-order valence-electron chi connectivity index (χ1n) is 4.98. The molecule has 0 N–H and O–H groups in total. The summed E-state index contributed by atoms with van der Waals surface area (Å²) in [5.41, 5.74) is 2.29. The van der Waals surface area contributed by atoms with Gasteiger partial charge in [-0.2, -0.15) is 0 Å². The van der Waals surface area contributed by atoms with E-state index in [1.165, 1.54) is 10.9 Å². The minimum atomic E-state index is 0.567. The van der Waals surface area contributed by atoms with Crippen molar-refractivity contribution >= 4 is 43.2 Å². The van der Waals surface area contributed by atoms with Gasteiger partial charge in [0.05, 0.1) is 4.70 Å². The van der Waals surface area contributed by atoms with Crippen LogP contribution in [0.4, 0.5) is 0 Å². The third-order valence-electron chi connectivity index (χ3n) is 2.64. The quantitative estimate of drug-likeness (QED) is 0.560. The molecule has 0 radical (unpaired) electrons. The lowest BCUT2D eigenvalue weighted by Crippen LogP contribution is -1.83. The minimum absolute atomic E-state index is 0.567.